The molecule has 3 N–H and O–H groups in total. The van der Waals surface area contributed by atoms with Crippen molar-refractivity contribution in [1.29, 1.82) is 0 Å². The van der Waals surface area contributed by atoms with E-state index in [0.29, 0.717) is 17.9 Å². The van der Waals surface area contributed by atoms with Crippen molar-refractivity contribution in [3.8, 4) is 0 Å². The van der Waals surface area contributed by atoms with Crippen molar-refractivity contribution >= 4 is 5.97 Å². The summed E-state index contributed by atoms with van der Waals surface area (Å²) in [6.07, 6.45) is 2.46. The maximum Gasteiger partial charge on any atom is 0.320 e. The Morgan fingerprint density at radius 1 is 1.26 bits per heavy atom. The molecule has 2 rings (SSSR count). The Kier molecular flexibility index (Phi) is 4.20. The van der Waals surface area contributed by atoms with Crippen molar-refractivity contribution in [2.24, 2.45) is 5.73 Å². The average molecular weight is 257 g/mol. The highest BCUT2D eigenvalue weighted by Crippen LogP contribution is 2.06. The standard InChI is InChI=1S/C14H15N3O2/c15-12(14(18)19)9-11-6-7-16-13(17-11)8-10-4-2-1-3-5-10/h1-7,12H,8-9,15H2,(H,18,19)/t12-/m0/s1. The third kappa shape index (κ3) is 3.86. The third-order valence-electron chi connectivity index (χ3n) is 2.71. The van der Waals surface area contributed by atoms with Crippen LogP contribution in [0.25, 0.3) is 0 Å². The van der Waals surface area contributed by atoms with Gasteiger partial charge in [0.25, 0.3) is 0 Å². The van der Waals surface area contributed by atoms with Gasteiger partial charge in [0.05, 0.1) is 0 Å². The number of aromatic nitrogens is 2. The Morgan fingerprint density at radius 2 is 2.00 bits per heavy atom. The first-order valence-corrected chi connectivity index (χ1v) is 5.98. The van der Waals surface area contributed by atoms with E-state index in [1.54, 1.807) is 12.3 Å². The molecule has 0 fully saturated rings. The third-order valence-corrected chi connectivity index (χ3v) is 2.71. The van der Waals surface area contributed by atoms with E-state index < -0.39 is 12.0 Å². The van der Waals surface area contributed by atoms with Gasteiger partial charge in [0.1, 0.15) is 11.9 Å². The number of aliphatic carboxylic acids is 1. The van der Waals surface area contributed by atoms with Gasteiger partial charge in [-0.2, -0.15) is 0 Å². The number of hydrogen-bond donors (Lipinski definition) is 2. The normalized spacial score (nSPS) is 12.1. The van der Waals surface area contributed by atoms with Crippen LogP contribution in [0.3, 0.4) is 0 Å². The molecule has 19 heavy (non-hydrogen) atoms. The first kappa shape index (κ1) is 13.2. The molecule has 0 bridgehead atoms. The fourth-order valence-electron chi connectivity index (χ4n) is 1.73. The lowest BCUT2D eigenvalue weighted by molar-refractivity contribution is -0.138. The summed E-state index contributed by atoms with van der Waals surface area (Å²) in [6.45, 7) is 0. The number of nitrogens with two attached hydrogens (primary N) is 1. The van der Waals surface area contributed by atoms with E-state index in [9.17, 15) is 4.79 Å². The lowest BCUT2D eigenvalue weighted by Gasteiger charge is -2.07. The Bertz CT molecular complexity index is 558. The Hall–Kier alpha value is -2.27. The molecule has 0 aliphatic carbocycles. The van der Waals surface area contributed by atoms with E-state index in [4.69, 9.17) is 10.8 Å². The highest BCUT2D eigenvalue weighted by atomic mass is 16.4. The monoisotopic (exact) mass is 257 g/mol. The maximum atomic E-state index is 10.7. The lowest BCUT2D eigenvalue weighted by Crippen LogP contribution is -2.32. The molecule has 0 saturated heterocycles. The van der Waals surface area contributed by atoms with Gasteiger partial charge in [-0.1, -0.05) is 30.3 Å². The zero-order valence-electron chi connectivity index (χ0n) is 10.4. The highest BCUT2D eigenvalue weighted by molar-refractivity contribution is 5.73. The Labute approximate surface area is 111 Å². The summed E-state index contributed by atoms with van der Waals surface area (Å²) in [7, 11) is 0. The smallest absolute Gasteiger partial charge is 0.320 e. The van der Waals surface area contributed by atoms with Gasteiger partial charge in [-0.3, -0.25) is 4.79 Å². The van der Waals surface area contributed by atoms with Crippen molar-refractivity contribution in [2.75, 3.05) is 0 Å². The molecular formula is C14H15N3O2. The first-order valence-electron chi connectivity index (χ1n) is 5.98. The molecule has 1 atom stereocenters. The molecule has 5 nitrogen and oxygen atoms in total. The zero-order valence-corrected chi connectivity index (χ0v) is 10.4. The van der Waals surface area contributed by atoms with Crippen molar-refractivity contribution in [1.82, 2.24) is 9.97 Å². The molecule has 0 spiro atoms. The van der Waals surface area contributed by atoms with Gasteiger partial charge >= 0.3 is 5.97 Å². The molecule has 1 heterocycles. The second-order valence-electron chi connectivity index (χ2n) is 4.28. The fourth-order valence-corrected chi connectivity index (χ4v) is 1.73. The molecule has 0 aliphatic rings. The van der Waals surface area contributed by atoms with Crippen molar-refractivity contribution in [3.63, 3.8) is 0 Å². The number of hydrogen-bond acceptors (Lipinski definition) is 4. The summed E-state index contributed by atoms with van der Waals surface area (Å²) < 4.78 is 0. The van der Waals surface area contributed by atoms with Crippen molar-refractivity contribution < 1.29 is 9.90 Å². The Balaban J connectivity index is 2.09. The Morgan fingerprint density at radius 3 is 2.68 bits per heavy atom. The number of carboxylic acids is 1. The van der Waals surface area contributed by atoms with Gasteiger partial charge in [0.2, 0.25) is 0 Å². The van der Waals surface area contributed by atoms with E-state index in [2.05, 4.69) is 9.97 Å². The van der Waals surface area contributed by atoms with Crippen LogP contribution in [0, 0.1) is 0 Å². The molecule has 5 heteroatoms. The van der Waals surface area contributed by atoms with Crippen LogP contribution in [-0.4, -0.2) is 27.1 Å². The second-order valence-corrected chi connectivity index (χ2v) is 4.28. The van der Waals surface area contributed by atoms with E-state index >= 15 is 0 Å². The quantitative estimate of drug-likeness (QED) is 0.834. The predicted molar refractivity (Wildman–Crippen MR) is 70.6 cm³/mol. The van der Waals surface area contributed by atoms with Crippen molar-refractivity contribution in [3.05, 3.63) is 59.7 Å². The molecule has 2 aromatic rings. The predicted octanol–water partition coefficient (Wildman–Crippen LogP) is 1.02. The lowest BCUT2D eigenvalue weighted by atomic mass is 10.1. The van der Waals surface area contributed by atoms with Crippen LogP contribution in [-0.2, 0) is 17.6 Å². The summed E-state index contributed by atoms with van der Waals surface area (Å²) in [4.78, 5) is 19.2. The van der Waals surface area contributed by atoms with E-state index in [-0.39, 0.29) is 6.42 Å². The minimum atomic E-state index is -1.02. The summed E-state index contributed by atoms with van der Waals surface area (Å²) in [5.41, 5.74) is 7.25. The summed E-state index contributed by atoms with van der Waals surface area (Å²) in [5, 5.41) is 8.78. The van der Waals surface area contributed by atoms with Crippen LogP contribution in [0.4, 0.5) is 0 Å². The summed E-state index contributed by atoms with van der Waals surface area (Å²) in [5.74, 6) is -0.357. The van der Waals surface area contributed by atoms with Crippen molar-refractivity contribution in [2.45, 2.75) is 18.9 Å². The summed E-state index contributed by atoms with van der Waals surface area (Å²) in [6, 6.07) is 10.6. The molecule has 98 valence electrons. The number of benzene rings is 1. The molecule has 0 saturated carbocycles. The van der Waals surface area contributed by atoms with E-state index in [0.717, 1.165) is 5.56 Å². The SMILES string of the molecule is N[C@@H](Cc1ccnc(Cc2ccccc2)n1)C(=O)O. The molecular weight excluding hydrogens is 242 g/mol. The number of nitrogens with zero attached hydrogens (tertiary/aromatic N) is 2. The molecule has 0 unspecified atom stereocenters. The second kappa shape index (κ2) is 6.06. The maximum absolute atomic E-state index is 10.7. The topological polar surface area (TPSA) is 89.1 Å². The molecule has 0 amide bonds. The fraction of sp³-hybridized carbons (Fsp3) is 0.214. The minimum absolute atomic E-state index is 0.208. The molecule has 1 aromatic carbocycles. The number of rotatable bonds is 5. The minimum Gasteiger partial charge on any atom is -0.480 e. The molecule has 1 aromatic heterocycles. The highest BCUT2D eigenvalue weighted by Gasteiger charge is 2.13. The van der Waals surface area contributed by atoms with Gasteiger partial charge in [0, 0.05) is 24.7 Å². The largest absolute Gasteiger partial charge is 0.480 e. The molecule has 0 aliphatic heterocycles. The first-order chi connectivity index (χ1) is 9.15. The zero-order chi connectivity index (χ0) is 13.7. The van der Waals surface area contributed by atoms with Crippen LogP contribution in [0.1, 0.15) is 17.1 Å². The van der Waals surface area contributed by atoms with Gasteiger partial charge in [-0.05, 0) is 11.6 Å². The van der Waals surface area contributed by atoms with Crippen LogP contribution in [0.2, 0.25) is 0 Å². The number of carbonyl (C=O) groups is 1. The molecule has 0 radical (unpaired) electrons. The van der Waals surface area contributed by atoms with E-state index in [1.807, 2.05) is 30.3 Å². The van der Waals surface area contributed by atoms with Crippen LogP contribution in [0.5, 0.6) is 0 Å². The number of carboxylic acid groups (broad SMARTS) is 1. The summed E-state index contributed by atoms with van der Waals surface area (Å²) >= 11 is 0. The van der Waals surface area contributed by atoms with Gasteiger partial charge in [-0.25, -0.2) is 9.97 Å². The van der Waals surface area contributed by atoms with Gasteiger partial charge < -0.3 is 10.8 Å². The van der Waals surface area contributed by atoms with Crippen LogP contribution in [0.15, 0.2) is 42.6 Å². The van der Waals surface area contributed by atoms with E-state index in [1.165, 1.54) is 0 Å². The van der Waals surface area contributed by atoms with Crippen LogP contribution >= 0.6 is 0 Å². The average Bonchev–Trinajstić information content (AvgIpc) is 2.40. The van der Waals surface area contributed by atoms with Crippen LogP contribution < -0.4 is 5.73 Å². The van der Waals surface area contributed by atoms with Gasteiger partial charge in [-0.15, -0.1) is 0 Å². The van der Waals surface area contributed by atoms with Gasteiger partial charge in [0.15, 0.2) is 0 Å².